The van der Waals surface area contributed by atoms with Gasteiger partial charge in [-0.15, -0.1) is 0 Å². The maximum atomic E-state index is 13.6. The highest BCUT2D eigenvalue weighted by atomic mass is 19.1. The summed E-state index contributed by atoms with van der Waals surface area (Å²) in [5, 5.41) is 3.32. The molecule has 1 N–H and O–H groups in total. The minimum atomic E-state index is -0.507. The van der Waals surface area contributed by atoms with E-state index in [1.54, 1.807) is 0 Å². The second-order valence-corrected chi connectivity index (χ2v) is 5.93. The van der Waals surface area contributed by atoms with Gasteiger partial charge in [-0.1, -0.05) is 13.8 Å². The normalized spacial score (nSPS) is 18.1. The van der Waals surface area contributed by atoms with Crippen LogP contribution < -0.4 is 5.32 Å². The maximum Gasteiger partial charge on any atom is 0.126 e. The second-order valence-electron chi connectivity index (χ2n) is 5.93. The van der Waals surface area contributed by atoms with E-state index in [0.717, 1.165) is 32.0 Å². The number of nitrogens with one attached hydrogen (secondary N) is 1. The first-order valence-electron chi connectivity index (χ1n) is 7.95. The molecule has 0 amide bonds. The number of nitrogens with zero attached hydrogens (tertiary/aromatic N) is 1. The van der Waals surface area contributed by atoms with E-state index >= 15 is 0 Å². The van der Waals surface area contributed by atoms with Crippen molar-refractivity contribution >= 4 is 0 Å². The fraction of sp³-hybridized carbons (Fsp3) is 0.647. The van der Waals surface area contributed by atoms with E-state index in [9.17, 15) is 8.78 Å². The zero-order valence-electron chi connectivity index (χ0n) is 13.3. The van der Waals surface area contributed by atoms with Gasteiger partial charge in [0.25, 0.3) is 0 Å². The molecule has 118 valence electrons. The third-order valence-corrected chi connectivity index (χ3v) is 5.00. The summed E-state index contributed by atoms with van der Waals surface area (Å²) >= 11 is 0. The molecule has 1 fully saturated rings. The van der Waals surface area contributed by atoms with E-state index in [-0.39, 0.29) is 11.6 Å². The Morgan fingerprint density at radius 2 is 1.62 bits per heavy atom. The molecule has 0 saturated carbocycles. The van der Waals surface area contributed by atoms with E-state index in [0.29, 0.717) is 5.56 Å². The topological polar surface area (TPSA) is 15.3 Å². The number of hydrogen-bond donors (Lipinski definition) is 1. The minimum absolute atomic E-state index is 0.0733. The quantitative estimate of drug-likeness (QED) is 0.857. The molecule has 0 spiro atoms. The Hall–Kier alpha value is -1.00. The molecule has 1 unspecified atom stereocenters. The molecule has 1 heterocycles. The zero-order chi connectivity index (χ0) is 15.5. The molecule has 1 saturated heterocycles. The van der Waals surface area contributed by atoms with Crippen LogP contribution in [0.1, 0.15) is 51.1 Å². The lowest BCUT2D eigenvalue weighted by atomic mass is 9.79. The third kappa shape index (κ3) is 3.11. The summed E-state index contributed by atoms with van der Waals surface area (Å²) in [7, 11) is 1.88. The van der Waals surface area contributed by atoms with Crippen LogP contribution in [0.4, 0.5) is 8.78 Å². The Morgan fingerprint density at radius 1 is 1.10 bits per heavy atom. The summed E-state index contributed by atoms with van der Waals surface area (Å²) in [6, 6.07) is 3.78. The Labute approximate surface area is 126 Å². The molecule has 2 nitrogen and oxygen atoms in total. The Kier molecular flexibility index (Phi) is 5.33. The van der Waals surface area contributed by atoms with Crippen LogP contribution in [0.3, 0.4) is 0 Å². The van der Waals surface area contributed by atoms with Gasteiger partial charge in [0.1, 0.15) is 11.6 Å². The molecule has 1 aromatic carbocycles. The highest BCUT2D eigenvalue weighted by molar-refractivity contribution is 5.25. The highest BCUT2D eigenvalue weighted by Crippen LogP contribution is 2.39. The predicted molar refractivity (Wildman–Crippen MR) is 82.3 cm³/mol. The van der Waals surface area contributed by atoms with Crippen LogP contribution in [0.15, 0.2) is 18.2 Å². The molecule has 0 aromatic heterocycles. The van der Waals surface area contributed by atoms with Crippen molar-refractivity contribution in [2.75, 3.05) is 20.1 Å². The second kappa shape index (κ2) is 6.84. The molecule has 1 atom stereocenters. The summed E-state index contributed by atoms with van der Waals surface area (Å²) in [6.07, 6.45) is 4.31. The Morgan fingerprint density at radius 3 is 2.05 bits per heavy atom. The van der Waals surface area contributed by atoms with Gasteiger partial charge in [0.2, 0.25) is 0 Å². The third-order valence-electron chi connectivity index (χ3n) is 5.00. The average molecular weight is 296 g/mol. The number of benzene rings is 1. The highest BCUT2D eigenvalue weighted by Gasteiger charge is 2.42. The number of likely N-dealkylation sites (tertiary alicyclic amines) is 1. The summed E-state index contributed by atoms with van der Waals surface area (Å²) in [4.78, 5) is 2.50. The lowest BCUT2D eigenvalue weighted by Crippen LogP contribution is -2.54. The summed E-state index contributed by atoms with van der Waals surface area (Å²) in [6.45, 7) is 6.47. The van der Waals surface area contributed by atoms with Crippen molar-refractivity contribution in [3.63, 3.8) is 0 Å². The number of hydrogen-bond acceptors (Lipinski definition) is 2. The largest absolute Gasteiger partial charge is 0.311 e. The molecular formula is C17H26F2N2. The van der Waals surface area contributed by atoms with Crippen LogP contribution in [-0.4, -0.2) is 30.6 Å². The van der Waals surface area contributed by atoms with Crippen LogP contribution in [0.25, 0.3) is 0 Å². The van der Waals surface area contributed by atoms with Gasteiger partial charge >= 0.3 is 0 Å². The first-order valence-corrected chi connectivity index (χ1v) is 7.95. The van der Waals surface area contributed by atoms with Crippen molar-refractivity contribution in [1.29, 1.82) is 0 Å². The first kappa shape index (κ1) is 16.4. The first-order chi connectivity index (χ1) is 10.1. The molecular weight excluding hydrogens is 270 g/mol. The van der Waals surface area contributed by atoms with Crippen molar-refractivity contribution < 1.29 is 8.78 Å². The van der Waals surface area contributed by atoms with E-state index in [2.05, 4.69) is 24.1 Å². The van der Waals surface area contributed by atoms with E-state index in [1.807, 2.05) is 7.05 Å². The Balaban J connectivity index is 2.43. The minimum Gasteiger partial charge on any atom is -0.311 e. The van der Waals surface area contributed by atoms with Gasteiger partial charge in [0.15, 0.2) is 0 Å². The van der Waals surface area contributed by atoms with Gasteiger partial charge in [0, 0.05) is 11.6 Å². The fourth-order valence-corrected chi connectivity index (χ4v) is 3.94. The molecule has 1 aromatic rings. The number of halogens is 2. The standard InChI is InChI=1S/C17H26F2N2/c1-4-17(5-2,21-8-6-7-9-21)16(20-3)13-10-14(18)12-15(19)11-13/h10-12,16,20H,4-9H2,1-3H3. The van der Waals surface area contributed by atoms with Crippen molar-refractivity contribution in [1.82, 2.24) is 10.2 Å². The van der Waals surface area contributed by atoms with Crippen LogP contribution in [0.2, 0.25) is 0 Å². The van der Waals surface area contributed by atoms with Crippen LogP contribution >= 0.6 is 0 Å². The average Bonchev–Trinajstić information content (AvgIpc) is 2.98. The summed E-state index contributed by atoms with van der Waals surface area (Å²) in [5.74, 6) is -1.01. The smallest absolute Gasteiger partial charge is 0.126 e. The Bertz CT molecular complexity index is 446. The molecule has 4 heteroatoms. The van der Waals surface area contributed by atoms with E-state index in [4.69, 9.17) is 0 Å². The summed E-state index contributed by atoms with van der Waals surface area (Å²) in [5.41, 5.74) is 0.608. The van der Waals surface area contributed by atoms with Crippen molar-refractivity contribution in [2.45, 2.75) is 51.1 Å². The van der Waals surface area contributed by atoms with Gasteiger partial charge in [-0.05, 0) is 63.5 Å². The molecule has 0 radical (unpaired) electrons. The lowest BCUT2D eigenvalue weighted by molar-refractivity contribution is 0.0645. The molecule has 21 heavy (non-hydrogen) atoms. The lowest BCUT2D eigenvalue weighted by Gasteiger charge is -2.47. The number of likely N-dealkylation sites (N-methyl/N-ethyl adjacent to an activating group) is 1. The van der Waals surface area contributed by atoms with Crippen LogP contribution in [0.5, 0.6) is 0 Å². The predicted octanol–water partition coefficient (Wildman–Crippen LogP) is 3.88. The van der Waals surface area contributed by atoms with E-state index in [1.165, 1.54) is 25.0 Å². The van der Waals surface area contributed by atoms with Gasteiger partial charge in [0.05, 0.1) is 6.04 Å². The van der Waals surface area contributed by atoms with Crippen molar-refractivity contribution in [3.05, 3.63) is 35.4 Å². The molecule has 1 aliphatic rings. The van der Waals surface area contributed by atoms with Crippen LogP contribution in [-0.2, 0) is 0 Å². The molecule has 1 aliphatic heterocycles. The maximum absolute atomic E-state index is 13.6. The molecule has 0 aliphatic carbocycles. The zero-order valence-corrected chi connectivity index (χ0v) is 13.3. The fourth-order valence-electron chi connectivity index (χ4n) is 3.94. The summed E-state index contributed by atoms with van der Waals surface area (Å²) < 4.78 is 27.2. The van der Waals surface area contributed by atoms with E-state index < -0.39 is 11.6 Å². The number of rotatable bonds is 6. The molecule has 2 rings (SSSR count). The van der Waals surface area contributed by atoms with Crippen LogP contribution in [0, 0.1) is 11.6 Å². The van der Waals surface area contributed by atoms with Gasteiger partial charge in [-0.2, -0.15) is 0 Å². The van der Waals surface area contributed by atoms with Gasteiger partial charge < -0.3 is 5.32 Å². The van der Waals surface area contributed by atoms with Gasteiger partial charge in [-0.25, -0.2) is 8.78 Å². The van der Waals surface area contributed by atoms with Crippen molar-refractivity contribution in [3.8, 4) is 0 Å². The van der Waals surface area contributed by atoms with Crippen molar-refractivity contribution in [2.24, 2.45) is 0 Å². The SMILES string of the molecule is CCC(CC)(C(NC)c1cc(F)cc(F)c1)N1CCCC1. The van der Waals surface area contributed by atoms with Gasteiger partial charge in [-0.3, -0.25) is 4.90 Å². The monoisotopic (exact) mass is 296 g/mol. The molecule has 0 bridgehead atoms.